The first-order chi connectivity index (χ1) is 8.32. The largest absolute Gasteiger partial charge is 0.330 e. The van der Waals surface area contributed by atoms with Crippen LogP contribution in [0.25, 0.3) is 0 Å². The summed E-state index contributed by atoms with van der Waals surface area (Å²) in [6.07, 6.45) is 11.6. The van der Waals surface area contributed by atoms with Crippen LogP contribution in [-0.4, -0.2) is 19.6 Å². The molecule has 2 nitrogen and oxygen atoms in total. The zero-order valence-electron chi connectivity index (χ0n) is 11.1. The van der Waals surface area contributed by atoms with Crippen LogP contribution in [0.5, 0.6) is 0 Å². The summed E-state index contributed by atoms with van der Waals surface area (Å²) in [5, 5.41) is 3.78. The molecule has 3 N–H and O–H groups in total. The van der Waals surface area contributed by atoms with Crippen molar-refractivity contribution in [2.45, 2.75) is 51.4 Å². The van der Waals surface area contributed by atoms with Crippen molar-refractivity contribution in [2.75, 3.05) is 19.6 Å². The normalized spacial score (nSPS) is 35.8. The van der Waals surface area contributed by atoms with Gasteiger partial charge >= 0.3 is 0 Å². The Labute approximate surface area is 106 Å². The van der Waals surface area contributed by atoms with E-state index < -0.39 is 0 Å². The van der Waals surface area contributed by atoms with Gasteiger partial charge in [-0.2, -0.15) is 0 Å². The van der Waals surface area contributed by atoms with E-state index in [0.29, 0.717) is 0 Å². The molecule has 0 aliphatic heterocycles. The highest BCUT2D eigenvalue weighted by Gasteiger charge is 2.53. The quantitative estimate of drug-likeness (QED) is 0.744. The Bertz CT molecular complexity index is 248. The number of nitrogens with two attached hydrogens (primary N) is 1. The van der Waals surface area contributed by atoms with E-state index in [0.717, 1.165) is 29.7 Å². The minimum absolute atomic E-state index is 0.772. The Morgan fingerprint density at radius 3 is 2.12 bits per heavy atom. The van der Waals surface area contributed by atoms with Crippen LogP contribution >= 0.6 is 0 Å². The summed E-state index contributed by atoms with van der Waals surface area (Å²) in [4.78, 5) is 0. The third kappa shape index (κ3) is 2.85. The van der Waals surface area contributed by atoms with E-state index in [1.54, 1.807) is 0 Å². The van der Waals surface area contributed by atoms with Gasteiger partial charge in [-0.05, 0) is 87.6 Å². The highest BCUT2D eigenvalue weighted by atomic mass is 14.9. The van der Waals surface area contributed by atoms with E-state index in [1.165, 1.54) is 64.5 Å². The Balaban J connectivity index is 1.32. The van der Waals surface area contributed by atoms with Gasteiger partial charge in [0, 0.05) is 6.54 Å². The molecule has 0 heterocycles. The van der Waals surface area contributed by atoms with Gasteiger partial charge in [0.05, 0.1) is 0 Å². The molecule has 0 atom stereocenters. The molecular formula is C15H28N2. The fourth-order valence-corrected chi connectivity index (χ4v) is 3.78. The maximum atomic E-state index is 5.74. The van der Waals surface area contributed by atoms with Crippen LogP contribution in [0.4, 0.5) is 0 Å². The molecule has 0 bridgehead atoms. The van der Waals surface area contributed by atoms with E-state index in [4.69, 9.17) is 5.73 Å². The SMILES string of the molecule is NCC1CCC(CNCC2(C3CC3)CC2)CC1. The van der Waals surface area contributed by atoms with E-state index in [9.17, 15) is 0 Å². The van der Waals surface area contributed by atoms with Crippen LogP contribution < -0.4 is 11.1 Å². The minimum Gasteiger partial charge on any atom is -0.330 e. The zero-order chi connectivity index (χ0) is 11.7. The molecule has 0 unspecified atom stereocenters. The van der Waals surface area contributed by atoms with Crippen molar-refractivity contribution in [3.05, 3.63) is 0 Å². The standard InChI is InChI=1S/C15H28N2/c16-9-12-1-3-13(4-2-12)10-17-11-15(7-8-15)14-5-6-14/h12-14,17H,1-11,16H2. The van der Waals surface area contributed by atoms with E-state index in [2.05, 4.69) is 5.32 Å². The summed E-state index contributed by atoms with van der Waals surface area (Å²) >= 11 is 0. The summed E-state index contributed by atoms with van der Waals surface area (Å²) in [6.45, 7) is 3.49. The number of hydrogen-bond acceptors (Lipinski definition) is 2. The second kappa shape index (κ2) is 4.89. The van der Waals surface area contributed by atoms with Crippen LogP contribution in [0.3, 0.4) is 0 Å². The molecule has 0 radical (unpaired) electrons. The third-order valence-electron chi connectivity index (χ3n) is 5.55. The van der Waals surface area contributed by atoms with Crippen molar-refractivity contribution in [1.82, 2.24) is 5.32 Å². The maximum Gasteiger partial charge on any atom is 0.00106 e. The summed E-state index contributed by atoms with van der Waals surface area (Å²) in [5.41, 5.74) is 6.51. The number of hydrogen-bond donors (Lipinski definition) is 2. The smallest absolute Gasteiger partial charge is 0.00106 e. The molecule has 3 fully saturated rings. The molecule has 0 saturated heterocycles. The van der Waals surface area contributed by atoms with Gasteiger partial charge in [-0.1, -0.05) is 0 Å². The molecule has 98 valence electrons. The molecule has 0 aromatic rings. The third-order valence-corrected chi connectivity index (χ3v) is 5.55. The first-order valence-electron chi connectivity index (χ1n) is 7.73. The maximum absolute atomic E-state index is 5.74. The fourth-order valence-electron chi connectivity index (χ4n) is 3.78. The predicted molar refractivity (Wildman–Crippen MR) is 71.8 cm³/mol. The molecule has 0 aromatic carbocycles. The Morgan fingerprint density at radius 2 is 1.59 bits per heavy atom. The second-order valence-electron chi connectivity index (χ2n) is 6.89. The average molecular weight is 236 g/mol. The van der Waals surface area contributed by atoms with Crippen LogP contribution in [0.1, 0.15) is 51.4 Å². The van der Waals surface area contributed by atoms with Crippen LogP contribution in [0, 0.1) is 23.2 Å². The fraction of sp³-hybridized carbons (Fsp3) is 1.00. The lowest BCUT2D eigenvalue weighted by Gasteiger charge is -2.28. The van der Waals surface area contributed by atoms with Gasteiger partial charge in [-0.15, -0.1) is 0 Å². The Kier molecular flexibility index (Phi) is 3.45. The van der Waals surface area contributed by atoms with Crippen molar-refractivity contribution in [3.63, 3.8) is 0 Å². The first-order valence-corrected chi connectivity index (χ1v) is 7.73. The van der Waals surface area contributed by atoms with Gasteiger partial charge in [-0.3, -0.25) is 0 Å². The van der Waals surface area contributed by atoms with Gasteiger partial charge in [0.1, 0.15) is 0 Å². The van der Waals surface area contributed by atoms with Crippen LogP contribution in [0.15, 0.2) is 0 Å². The minimum atomic E-state index is 0.772. The molecule has 17 heavy (non-hydrogen) atoms. The van der Waals surface area contributed by atoms with Crippen molar-refractivity contribution in [1.29, 1.82) is 0 Å². The highest BCUT2D eigenvalue weighted by molar-refractivity contribution is 5.05. The lowest BCUT2D eigenvalue weighted by Crippen LogP contribution is -2.32. The molecule has 3 rings (SSSR count). The lowest BCUT2D eigenvalue weighted by molar-refractivity contribution is 0.264. The summed E-state index contributed by atoms with van der Waals surface area (Å²) < 4.78 is 0. The van der Waals surface area contributed by atoms with Crippen molar-refractivity contribution in [2.24, 2.45) is 28.9 Å². The lowest BCUT2D eigenvalue weighted by atomic mass is 9.82. The molecule has 3 saturated carbocycles. The van der Waals surface area contributed by atoms with Crippen LogP contribution in [0.2, 0.25) is 0 Å². The number of nitrogens with one attached hydrogen (secondary N) is 1. The van der Waals surface area contributed by atoms with Gasteiger partial charge in [0.2, 0.25) is 0 Å². The molecular weight excluding hydrogens is 208 g/mol. The van der Waals surface area contributed by atoms with Crippen molar-refractivity contribution >= 4 is 0 Å². The number of rotatable bonds is 6. The zero-order valence-corrected chi connectivity index (χ0v) is 11.1. The molecule has 0 amide bonds. The van der Waals surface area contributed by atoms with Gasteiger partial charge < -0.3 is 11.1 Å². The van der Waals surface area contributed by atoms with Gasteiger partial charge in [0.15, 0.2) is 0 Å². The second-order valence-corrected chi connectivity index (χ2v) is 6.89. The topological polar surface area (TPSA) is 38.0 Å². The summed E-state index contributed by atoms with van der Waals surface area (Å²) in [6, 6.07) is 0. The predicted octanol–water partition coefficient (Wildman–Crippen LogP) is 2.53. The highest BCUT2D eigenvalue weighted by Crippen LogP contribution is 2.60. The van der Waals surface area contributed by atoms with Crippen molar-refractivity contribution < 1.29 is 0 Å². The average Bonchev–Trinajstić information content (AvgIpc) is 3.23. The molecule has 3 aliphatic rings. The molecule has 2 heteroatoms. The Hall–Kier alpha value is -0.0800. The Morgan fingerprint density at radius 1 is 0.941 bits per heavy atom. The van der Waals surface area contributed by atoms with Gasteiger partial charge in [-0.25, -0.2) is 0 Å². The van der Waals surface area contributed by atoms with E-state index in [1.807, 2.05) is 0 Å². The monoisotopic (exact) mass is 236 g/mol. The van der Waals surface area contributed by atoms with E-state index >= 15 is 0 Å². The molecule has 0 aromatic heterocycles. The van der Waals surface area contributed by atoms with Crippen LogP contribution in [-0.2, 0) is 0 Å². The van der Waals surface area contributed by atoms with E-state index in [-0.39, 0.29) is 0 Å². The first kappa shape index (κ1) is 12.0. The molecule has 3 aliphatic carbocycles. The van der Waals surface area contributed by atoms with Crippen molar-refractivity contribution in [3.8, 4) is 0 Å². The summed E-state index contributed by atoms with van der Waals surface area (Å²) in [7, 11) is 0. The molecule has 0 spiro atoms. The summed E-state index contributed by atoms with van der Waals surface area (Å²) in [5.74, 6) is 2.86. The van der Waals surface area contributed by atoms with Gasteiger partial charge in [0.25, 0.3) is 0 Å².